The maximum absolute atomic E-state index is 3.47. The molecule has 1 aliphatic carbocycles. The number of nitrogens with one attached hydrogen (secondary N) is 1. The van der Waals surface area contributed by atoms with Gasteiger partial charge in [-0.25, -0.2) is 0 Å². The summed E-state index contributed by atoms with van der Waals surface area (Å²) in [6, 6.07) is 8.83. The lowest BCUT2D eigenvalue weighted by atomic mass is 9.95. The average molecular weight is 227 g/mol. The van der Waals surface area contributed by atoms with Gasteiger partial charge in [0.15, 0.2) is 0 Å². The van der Waals surface area contributed by atoms with Gasteiger partial charge in [0.2, 0.25) is 0 Å². The smallest absolute Gasteiger partial charge is 0.0302 e. The van der Waals surface area contributed by atoms with E-state index in [0.717, 1.165) is 19.4 Å². The molecule has 1 aromatic rings. The lowest BCUT2D eigenvalue weighted by Crippen LogP contribution is -2.14. The van der Waals surface area contributed by atoms with E-state index < -0.39 is 0 Å². The van der Waals surface area contributed by atoms with Crippen molar-refractivity contribution in [2.24, 2.45) is 0 Å². The fourth-order valence-corrected chi connectivity index (χ4v) is 2.09. The minimum Gasteiger partial charge on any atom is -0.385 e. The van der Waals surface area contributed by atoms with Gasteiger partial charge in [-0.05, 0) is 43.4 Å². The van der Waals surface area contributed by atoms with E-state index in [-0.39, 0.29) is 0 Å². The first-order valence-electron chi connectivity index (χ1n) is 6.51. The molecule has 1 aromatic carbocycles. The highest BCUT2D eigenvalue weighted by atomic mass is 14.9. The van der Waals surface area contributed by atoms with Crippen LogP contribution in [-0.2, 0) is 0 Å². The average Bonchev–Trinajstić information content (AvgIpc) is 2.37. The van der Waals surface area contributed by atoms with Crippen molar-refractivity contribution >= 4 is 5.57 Å². The van der Waals surface area contributed by atoms with Crippen molar-refractivity contribution < 1.29 is 0 Å². The molecule has 0 radical (unpaired) electrons. The van der Waals surface area contributed by atoms with Crippen molar-refractivity contribution in [1.82, 2.24) is 5.32 Å². The predicted octanol–water partition coefficient (Wildman–Crippen LogP) is 4.06. The predicted molar refractivity (Wildman–Crippen MR) is 74.8 cm³/mol. The molecule has 90 valence electrons. The van der Waals surface area contributed by atoms with Gasteiger partial charge in [0.25, 0.3) is 0 Å². The van der Waals surface area contributed by atoms with E-state index in [2.05, 4.69) is 55.6 Å². The van der Waals surface area contributed by atoms with Gasteiger partial charge in [-0.3, -0.25) is 0 Å². The van der Waals surface area contributed by atoms with Gasteiger partial charge >= 0.3 is 0 Å². The maximum atomic E-state index is 3.47. The summed E-state index contributed by atoms with van der Waals surface area (Å²) in [5.74, 6) is 0. The van der Waals surface area contributed by atoms with Gasteiger partial charge in [0.1, 0.15) is 0 Å². The van der Waals surface area contributed by atoms with Gasteiger partial charge in [-0.15, -0.1) is 0 Å². The van der Waals surface area contributed by atoms with Gasteiger partial charge in [0.05, 0.1) is 0 Å². The molecule has 2 rings (SSSR count). The number of hydrogen-bond donors (Lipinski definition) is 1. The second kappa shape index (κ2) is 5.72. The second-order valence-corrected chi connectivity index (χ2v) is 4.66. The largest absolute Gasteiger partial charge is 0.385 e. The Balaban J connectivity index is 2.13. The van der Waals surface area contributed by atoms with Crippen LogP contribution in [0.1, 0.15) is 37.3 Å². The molecular formula is C16H21N. The monoisotopic (exact) mass is 227 g/mol. The molecule has 1 heteroatoms. The highest BCUT2D eigenvalue weighted by Gasteiger charge is 2.06. The third kappa shape index (κ3) is 3.23. The van der Waals surface area contributed by atoms with Gasteiger partial charge in [0, 0.05) is 12.2 Å². The standard InChI is InChI=1S/C16H21N/c1-3-11-17-16-6-4-5-15(12-16)14-9-7-13(2)8-10-14/h6-10,12,17H,3-5,11H2,1-2H3. The maximum Gasteiger partial charge on any atom is 0.0302 e. The first kappa shape index (κ1) is 12.0. The van der Waals surface area contributed by atoms with Crippen LogP contribution in [0.4, 0.5) is 0 Å². The molecule has 17 heavy (non-hydrogen) atoms. The first-order valence-corrected chi connectivity index (χ1v) is 6.51. The Morgan fingerprint density at radius 1 is 1.18 bits per heavy atom. The third-order valence-corrected chi connectivity index (χ3v) is 3.11. The van der Waals surface area contributed by atoms with Gasteiger partial charge in [-0.2, -0.15) is 0 Å². The highest BCUT2D eigenvalue weighted by molar-refractivity contribution is 5.69. The summed E-state index contributed by atoms with van der Waals surface area (Å²) in [4.78, 5) is 0. The lowest BCUT2D eigenvalue weighted by molar-refractivity contribution is 0.774. The van der Waals surface area contributed by atoms with E-state index in [1.165, 1.54) is 28.8 Å². The number of hydrogen-bond acceptors (Lipinski definition) is 1. The van der Waals surface area contributed by atoms with Crippen LogP contribution in [0.3, 0.4) is 0 Å². The van der Waals surface area contributed by atoms with Crippen LogP contribution in [0.25, 0.3) is 5.57 Å². The summed E-state index contributed by atoms with van der Waals surface area (Å²) >= 11 is 0. The molecule has 0 heterocycles. The summed E-state index contributed by atoms with van der Waals surface area (Å²) in [6.45, 7) is 5.39. The Labute approximate surface area is 104 Å². The summed E-state index contributed by atoms with van der Waals surface area (Å²) in [6.07, 6.45) is 8.06. The number of allylic oxidation sites excluding steroid dienone is 3. The van der Waals surface area contributed by atoms with E-state index >= 15 is 0 Å². The summed E-state index contributed by atoms with van der Waals surface area (Å²) in [5.41, 5.74) is 5.42. The fraction of sp³-hybridized carbons (Fsp3) is 0.375. The Morgan fingerprint density at radius 3 is 2.65 bits per heavy atom. The van der Waals surface area contributed by atoms with E-state index in [4.69, 9.17) is 0 Å². The van der Waals surface area contributed by atoms with Crippen LogP contribution in [0.5, 0.6) is 0 Å². The van der Waals surface area contributed by atoms with Crippen molar-refractivity contribution in [2.75, 3.05) is 6.54 Å². The molecule has 0 aliphatic heterocycles. The second-order valence-electron chi connectivity index (χ2n) is 4.66. The Morgan fingerprint density at radius 2 is 1.94 bits per heavy atom. The third-order valence-electron chi connectivity index (χ3n) is 3.11. The first-order chi connectivity index (χ1) is 8.29. The lowest BCUT2D eigenvalue weighted by Gasteiger charge is -2.15. The molecule has 1 N–H and O–H groups in total. The van der Waals surface area contributed by atoms with E-state index in [9.17, 15) is 0 Å². The zero-order valence-electron chi connectivity index (χ0n) is 10.8. The van der Waals surface area contributed by atoms with Crippen LogP contribution >= 0.6 is 0 Å². The van der Waals surface area contributed by atoms with Crippen molar-refractivity contribution in [1.29, 1.82) is 0 Å². The molecule has 0 bridgehead atoms. The van der Waals surface area contributed by atoms with Crippen molar-refractivity contribution in [3.8, 4) is 0 Å². The molecule has 0 aromatic heterocycles. The van der Waals surface area contributed by atoms with Gasteiger partial charge in [-0.1, -0.05) is 42.8 Å². The van der Waals surface area contributed by atoms with Crippen LogP contribution in [-0.4, -0.2) is 6.54 Å². The van der Waals surface area contributed by atoms with E-state index in [1.807, 2.05) is 0 Å². The number of aryl methyl sites for hydroxylation is 1. The van der Waals surface area contributed by atoms with E-state index in [1.54, 1.807) is 0 Å². The number of benzene rings is 1. The molecule has 1 nitrogen and oxygen atoms in total. The Hall–Kier alpha value is -1.50. The molecular weight excluding hydrogens is 206 g/mol. The molecule has 0 saturated heterocycles. The normalized spacial score (nSPS) is 15.2. The minimum atomic E-state index is 1.06. The topological polar surface area (TPSA) is 12.0 Å². The zero-order chi connectivity index (χ0) is 12.1. The van der Waals surface area contributed by atoms with Gasteiger partial charge < -0.3 is 5.32 Å². The molecule has 0 fully saturated rings. The summed E-state index contributed by atoms with van der Waals surface area (Å²) in [7, 11) is 0. The molecule has 0 atom stereocenters. The summed E-state index contributed by atoms with van der Waals surface area (Å²) < 4.78 is 0. The zero-order valence-corrected chi connectivity index (χ0v) is 10.8. The Kier molecular flexibility index (Phi) is 4.03. The fourth-order valence-electron chi connectivity index (χ4n) is 2.09. The molecule has 0 saturated carbocycles. The molecule has 0 unspecified atom stereocenters. The minimum absolute atomic E-state index is 1.06. The SMILES string of the molecule is CCCNC1=CCCC(c2ccc(C)cc2)=C1. The summed E-state index contributed by atoms with van der Waals surface area (Å²) in [5, 5.41) is 3.47. The van der Waals surface area contributed by atoms with Crippen LogP contribution in [0.2, 0.25) is 0 Å². The van der Waals surface area contributed by atoms with Crippen LogP contribution in [0, 0.1) is 6.92 Å². The van der Waals surface area contributed by atoms with Crippen molar-refractivity contribution in [3.05, 3.63) is 53.2 Å². The number of rotatable bonds is 4. The van der Waals surface area contributed by atoms with Crippen LogP contribution in [0.15, 0.2) is 42.1 Å². The molecule has 0 amide bonds. The van der Waals surface area contributed by atoms with Crippen molar-refractivity contribution in [2.45, 2.75) is 33.1 Å². The Bertz CT molecular complexity index is 423. The van der Waals surface area contributed by atoms with E-state index in [0.29, 0.717) is 0 Å². The molecule has 0 spiro atoms. The molecule has 1 aliphatic rings. The highest BCUT2D eigenvalue weighted by Crippen LogP contribution is 2.25. The van der Waals surface area contributed by atoms with Crippen LogP contribution < -0.4 is 5.32 Å². The quantitative estimate of drug-likeness (QED) is 0.818. The van der Waals surface area contributed by atoms with Crippen molar-refractivity contribution in [3.63, 3.8) is 0 Å².